The van der Waals surface area contributed by atoms with Gasteiger partial charge in [0.25, 0.3) is 0 Å². The van der Waals surface area contributed by atoms with E-state index in [9.17, 15) is 0 Å². The van der Waals surface area contributed by atoms with Crippen molar-refractivity contribution in [2.24, 2.45) is 0 Å². The first-order chi connectivity index (χ1) is 15.3. The molecule has 0 spiro atoms. The van der Waals surface area contributed by atoms with E-state index < -0.39 is 0 Å². The number of aromatic nitrogens is 6. The molecule has 1 aliphatic rings. The first-order valence-corrected chi connectivity index (χ1v) is 9.75. The van der Waals surface area contributed by atoms with Gasteiger partial charge in [0.1, 0.15) is 18.1 Å². The lowest BCUT2D eigenvalue weighted by molar-refractivity contribution is 0.0780. The number of aromatic amines is 1. The molecule has 0 unspecified atom stereocenters. The van der Waals surface area contributed by atoms with E-state index >= 15 is 0 Å². The first kappa shape index (κ1) is 17.5. The first-order valence-electron chi connectivity index (χ1n) is 9.75. The monoisotopic (exact) mass is 411 g/mol. The third-order valence-corrected chi connectivity index (χ3v) is 5.13. The van der Waals surface area contributed by atoms with Gasteiger partial charge in [0.2, 0.25) is 18.6 Å². The summed E-state index contributed by atoms with van der Waals surface area (Å²) in [5, 5.41) is 8.14. The molecule has 9 nitrogen and oxygen atoms in total. The number of fused-ring (bicyclic) bond motifs is 2. The van der Waals surface area contributed by atoms with Crippen LogP contribution < -0.4 is 4.90 Å². The number of H-pyrrole nitrogens is 1. The molecule has 0 amide bonds. The maximum atomic E-state index is 5.64. The van der Waals surface area contributed by atoms with Crippen LogP contribution >= 0.6 is 0 Å². The van der Waals surface area contributed by atoms with Crippen molar-refractivity contribution in [2.45, 2.75) is 6.54 Å². The van der Waals surface area contributed by atoms with Gasteiger partial charge in [-0.2, -0.15) is 10.1 Å². The maximum Gasteiger partial charge on any atom is 0.235 e. The van der Waals surface area contributed by atoms with Crippen LogP contribution in [0.4, 0.5) is 5.95 Å². The summed E-state index contributed by atoms with van der Waals surface area (Å²) >= 11 is 0. The van der Waals surface area contributed by atoms with Gasteiger partial charge in [-0.05, 0) is 23.8 Å². The summed E-state index contributed by atoms with van der Waals surface area (Å²) in [5.41, 5.74) is 4.37. The van der Waals surface area contributed by atoms with Gasteiger partial charge in [-0.1, -0.05) is 30.3 Å². The van der Waals surface area contributed by atoms with Crippen LogP contribution in [0.5, 0.6) is 0 Å². The fourth-order valence-corrected chi connectivity index (χ4v) is 3.58. The van der Waals surface area contributed by atoms with E-state index in [0.29, 0.717) is 29.5 Å². The summed E-state index contributed by atoms with van der Waals surface area (Å²) in [6.45, 7) is 0.709. The molecule has 31 heavy (non-hydrogen) atoms. The summed E-state index contributed by atoms with van der Waals surface area (Å²) in [7, 11) is 0. The quantitative estimate of drug-likeness (QED) is 0.473. The zero-order chi connectivity index (χ0) is 20.6. The lowest BCUT2D eigenvalue weighted by Gasteiger charge is -2.21. The van der Waals surface area contributed by atoms with E-state index in [0.717, 1.165) is 22.2 Å². The van der Waals surface area contributed by atoms with E-state index in [2.05, 4.69) is 20.2 Å². The summed E-state index contributed by atoms with van der Waals surface area (Å²) < 4.78 is 12.9. The number of anilines is 1. The summed E-state index contributed by atoms with van der Waals surface area (Å²) in [4.78, 5) is 15.7. The zero-order valence-electron chi connectivity index (χ0n) is 16.3. The van der Waals surface area contributed by atoms with E-state index in [1.165, 1.54) is 0 Å². The van der Waals surface area contributed by atoms with Crippen molar-refractivity contribution >= 4 is 28.0 Å². The standard InChI is InChI=1S/C22H17N7O2/c1-2-4-15(5-3-1)11-28(20-12-30-14-31-20)22-23-10-19-21(26-22)29(13-24-19)17-7-6-16-9-25-27-18(16)8-17/h1-10,12-13H,11,14H2,(H,25,27). The Kier molecular flexibility index (Phi) is 4.02. The minimum atomic E-state index is 0.172. The van der Waals surface area contributed by atoms with Crippen LogP contribution in [0.3, 0.4) is 0 Å². The largest absolute Gasteiger partial charge is 0.459 e. The SMILES string of the molecule is C1=C(N(Cc2ccccc2)c2ncc3ncn(-c4ccc5cn[nH]c5c4)c3n2)OCO1. The molecular weight excluding hydrogens is 394 g/mol. The molecule has 0 bridgehead atoms. The normalized spacial score (nSPS) is 13.2. The van der Waals surface area contributed by atoms with Gasteiger partial charge < -0.3 is 9.47 Å². The second kappa shape index (κ2) is 7.13. The number of nitrogens with one attached hydrogen (secondary N) is 1. The predicted octanol–water partition coefficient (Wildman–Crippen LogP) is 3.50. The van der Waals surface area contributed by atoms with Crippen LogP contribution in [0.2, 0.25) is 0 Å². The maximum absolute atomic E-state index is 5.64. The molecule has 1 aliphatic heterocycles. The molecule has 5 aromatic rings. The van der Waals surface area contributed by atoms with Crippen molar-refractivity contribution in [3.63, 3.8) is 0 Å². The van der Waals surface area contributed by atoms with Crippen LogP contribution in [0.1, 0.15) is 5.56 Å². The second-order valence-corrected chi connectivity index (χ2v) is 7.09. The predicted molar refractivity (Wildman–Crippen MR) is 114 cm³/mol. The highest BCUT2D eigenvalue weighted by molar-refractivity contribution is 5.81. The van der Waals surface area contributed by atoms with E-state index in [1.807, 2.05) is 58.0 Å². The highest BCUT2D eigenvalue weighted by Gasteiger charge is 2.22. The van der Waals surface area contributed by atoms with Crippen molar-refractivity contribution in [3.8, 4) is 5.69 Å². The minimum Gasteiger partial charge on any atom is -0.459 e. The van der Waals surface area contributed by atoms with Gasteiger partial charge in [-0.15, -0.1) is 0 Å². The van der Waals surface area contributed by atoms with Crippen LogP contribution in [0.15, 0.2) is 79.4 Å². The van der Waals surface area contributed by atoms with Gasteiger partial charge in [0, 0.05) is 5.39 Å². The van der Waals surface area contributed by atoms with Gasteiger partial charge in [-0.3, -0.25) is 14.6 Å². The molecule has 1 N–H and O–H groups in total. The van der Waals surface area contributed by atoms with E-state index in [4.69, 9.17) is 14.5 Å². The number of ether oxygens (including phenoxy) is 2. The molecule has 152 valence electrons. The Balaban J connectivity index is 1.44. The Morgan fingerprint density at radius 3 is 2.87 bits per heavy atom. The Morgan fingerprint density at radius 2 is 2.00 bits per heavy atom. The molecule has 0 saturated carbocycles. The molecule has 9 heteroatoms. The smallest absolute Gasteiger partial charge is 0.235 e. The van der Waals surface area contributed by atoms with E-state index in [1.54, 1.807) is 25.0 Å². The minimum absolute atomic E-state index is 0.172. The highest BCUT2D eigenvalue weighted by Crippen LogP contribution is 2.25. The molecular formula is C22H17N7O2. The van der Waals surface area contributed by atoms with Gasteiger partial charge in [-0.25, -0.2) is 9.97 Å². The third kappa shape index (κ3) is 3.12. The number of nitrogens with zero attached hydrogens (tertiary/aromatic N) is 6. The fourth-order valence-electron chi connectivity index (χ4n) is 3.58. The molecule has 0 saturated heterocycles. The fraction of sp³-hybridized carbons (Fsp3) is 0.0909. The molecule has 0 fully saturated rings. The van der Waals surface area contributed by atoms with Gasteiger partial charge in [0.05, 0.1) is 30.1 Å². The summed E-state index contributed by atoms with van der Waals surface area (Å²) in [6, 6.07) is 16.1. The van der Waals surface area contributed by atoms with Gasteiger partial charge in [0.15, 0.2) is 5.65 Å². The second-order valence-electron chi connectivity index (χ2n) is 7.09. The molecule has 3 aromatic heterocycles. The number of rotatable bonds is 5. The van der Waals surface area contributed by atoms with E-state index in [-0.39, 0.29) is 6.79 Å². The Morgan fingerprint density at radius 1 is 1.06 bits per heavy atom. The number of imidazole rings is 1. The Hall–Kier alpha value is -4.40. The third-order valence-electron chi connectivity index (χ3n) is 5.13. The molecule has 2 aromatic carbocycles. The van der Waals surface area contributed by atoms with Crippen molar-refractivity contribution in [2.75, 3.05) is 11.7 Å². The van der Waals surface area contributed by atoms with Crippen LogP contribution in [0, 0.1) is 0 Å². The van der Waals surface area contributed by atoms with Crippen molar-refractivity contribution < 1.29 is 9.47 Å². The number of hydrogen-bond acceptors (Lipinski definition) is 7. The molecule has 4 heterocycles. The van der Waals surface area contributed by atoms with Gasteiger partial charge >= 0.3 is 0 Å². The Bertz CT molecular complexity index is 1410. The average Bonchev–Trinajstić information content (AvgIpc) is 3.58. The average molecular weight is 411 g/mol. The Labute approximate surface area is 176 Å². The van der Waals surface area contributed by atoms with Crippen molar-refractivity contribution in [1.29, 1.82) is 0 Å². The highest BCUT2D eigenvalue weighted by atomic mass is 16.7. The zero-order valence-corrected chi connectivity index (χ0v) is 16.3. The number of benzene rings is 2. The molecule has 0 atom stereocenters. The number of hydrogen-bond donors (Lipinski definition) is 1. The molecule has 0 radical (unpaired) electrons. The molecule has 6 rings (SSSR count). The van der Waals surface area contributed by atoms with Crippen LogP contribution in [-0.4, -0.2) is 36.5 Å². The lowest BCUT2D eigenvalue weighted by Crippen LogP contribution is -2.24. The topological polar surface area (TPSA) is 94.0 Å². The van der Waals surface area contributed by atoms with Crippen LogP contribution in [-0.2, 0) is 16.0 Å². The van der Waals surface area contributed by atoms with Crippen LogP contribution in [0.25, 0.3) is 27.8 Å². The molecule has 0 aliphatic carbocycles. The summed E-state index contributed by atoms with van der Waals surface area (Å²) in [5.74, 6) is 1.06. The van der Waals surface area contributed by atoms with Crippen molar-refractivity contribution in [3.05, 3.63) is 85.0 Å². The lowest BCUT2D eigenvalue weighted by atomic mass is 10.2. The van der Waals surface area contributed by atoms with Crippen molar-refractivity contribution in [1.82, 2.24) is 29.7 Å². The summed E-state index contributed by atoms with van der Waals surface area (Å²) in [6.07, 6.45) is 6.85.